The SMILES string of the molecule is CC[C@]1(C(=O)O)CCCN(Cc2cc(OC)c3c(c2)OCO3)C1. The number of fused-ring (bicyclic) bond motifs is 1. The number of rotatable bonds is 5. The monoisotopic (exact) mass is 321 g/mol. The van der Waals surface area contributed by atoms with E-state index in [0.717, 1.165) is 24.9 Å². The Bertz CT molecular complexity index is 603. The van der Waals surface area contributed by atoms with Crippen LogP contribution in [0, 0.1) is 5.41 Å². The zero-order valence-corrected chi connectivity index (χ0v) is 13.6. The number of carbonyl (C=O) groups is 1. The van der Waals surface area contributed by atoms with Crippen molar-refractivity contribution >= 4 is 5.97 Å². The molecule has 23 heavy (non-hydrogen) atoms. The number of piperidine rings is 1. The van der Waals surface area contributed by atoms with Crippen LogP contribution in [0.25, 0.3) is 0 Å². The first-order chi connectivity index (χ1) is 11.1. The molecule has 1 aromatic rings. The average Bonchev–Trinajstić information content (AvgIpc) is 3.02. The van der Waals surface area contributed by atoms with Crippen molar-refractivity contribution in [2.24, 2.45) is 5.41 Å². The number of nitrogens with zero attached hydrogens (tertiary/aromatic N) is 1. The van der Waals surface area contributed by atoms with Crippen molar-refractivity contribution < 1.29 is 24.1 Å². The van der Waals surface area contributed by atoms with Crippen LogP contribution in [0.15, 0.2) is 12.1 Å². The van der Waals surface area contributed by atoms with E-state index in [1.54, 1.807) is 7.11 Å². The number of methoxy groups -OCH3 is 1. The summed E-state index contributed by atoms with van der Waals surface area (Å²) in [4.78, 5) is 13.9. The lowest BCUT2D eigenvalue weighted by Gasteiger charge is -2.39. The van der Waals surface area contributed by atoms with E-state index < -0.39 is 11.4 Å². The minimum atomic E-state index is -0.687. The predicted octanol–water partition coefficient (Wildman–Crippen LogP) is 2.50. The molecule has 0 bridgehead atoms. The predicted molar refractivity (Wildman–Crippen MR) is 84.0 cm³/mol. The molecule has 0 radical (unpaired) electrons. The summed E-state index contributed by atoms with van der Waals surface area (Å²) in [5.41, 5.74) is 0.418. The molecule has 126 valence electrons. The third kappa shape index (κ3) is 2.95. The van der Waals surface area contributed by atoms with Crippen LogP contribution in [-0.4, -0.2) is 43.0 Å². The van der Waals surface area contributed by atoms with Gasteiger partial charge in [0.1, 0.15) is 0 Å². The molecule has 1 aromatic carbocycles. The molecule has 0 aliphatic carbocycles. The molecule has 2 aliphatic heterocycles. The Kier molecular flexibility index (Phi) is 4.35. The molecular formula is C17H23NO5. The summed E-state index contributed by atoms with van der Waals surface area (Å²) < 4.78 is 16.2. The molecule has 2 heterocycles. The van der Waals surface area contributed by atoms with E-state index in [2.05, 4.69) is 4.90 Å². The summed E-state index contributed by atoms with van der Waals surface area (Å²) in [7, 11) is 1.61. The molecule has 1 saturated heterocycles. The van der Waals surface area contributed by atoms with Gasteiger partial charge in [-0.25, -0.2) is 0 Å². The first-order valence-electron chi connectivity index (χ1n) is 8.00. The molecule has 0 spiro atoms. The molecular weight excluding hydrogens is 298 g/mol. The van der Waals surface area contributed by atoms with Gasteiger partial charge in [0.25, 0.3) is 0 Å². The van der Waals surface area contributed by atoms with Crippen molar-refractivity contribution in [3.8, 4) is 17.2 Å². The highest BCUT2D eigenvalue weighted by Gasteiger charge is 2.40. The van der Waals surface area contributed by atoms with Crippen LogP contribution < -0.4 is 14.2 Å². The van der Waals surface area contributed by atoms with Gasteiger partial charge in [-0.15, -0.1) is 0 Å². The number of ether oxygens (including phenoxy) is 3. The number of likely N-dealkylation sites (tertiary alicyclic amines) is 1. The molecule has 3 rings (SSSR count). The van der Waals surface area contributed by atoms with Gasteiger partial charge in [-0.3, -0.25) is 9.69 Å². The number of carboxylic acids is 1. The zero-order chi connectivity index (χ0) is 16.4. The van der Waals surface area contributed by atoms with Crippen molar-refractivity contribution in [2.45, 2.75) is 32.7 Å². The maximum atomic E-state index is 11.7. The Morgan fingerprint density at radius 2 is 2.26 bits per heavy atom. The van der Waals surface area contributed by atoms with Crippen LogP contribution in [0.1, 0.15) is 31.7 Å². The van der Waals surface area contributed by atoms with E-state index >= 15 is 0 Å². The van der Waals surface area contributed by atoms with Gasteiger partial charge in [0.05, 0.1) is 12.5 Å². The van der Waals surface area contributed by atoms with Gasteiger partial charge in [-0.2, -0.15) is 0 Å². The molecule has 2 aliphatic rings. The number of carboxylic acid groups (broad SMARTS) is 1. The Morgan fingerprint density at radius 3 is 2.96 bits per heavy atom. The molecule has 1 atom stereocenters. The first-order valence-corrected chi connectivity index (χ1v) is 8.00. The molecule has 6 nitrogen and oxygen atoms in total. The standard InChI is InChI=1S/C17H23NO5/c1-3-17(16(19)20)5-4-6-18(10-17)9-12-7-13(21-2)15-14(8-12)22-11-23-15/h7-8H,3-6,9-11H2,1-2H3,(H,19,20)/t17-/m0/s1. The third-order valence-corrected chi connectivity index (χ3v) is 4.91. The van der Waals surface area contributed by atoms with Crippen LogP contribution in [-0.2, 0) is 11.3 Å². The number of aliphatic carboxylic acids is 1. The summed E-state index contributed by atoms with van der Waals surface area (Å²) in [6.45, 7) is 4.33. The zero-order valence-electron chi connectivity index (χ0n) is 13.6. The number of hydrogen-bond acceptors (Lipinski definition) is 5. The summed E-state index contributed by atoms with van der Waals surface area (Å²) in [6.07, 6.45) is 2.31. The lowest BCUT2D eigenvalue weighted by atomic mass is 9.77. The molecule has 0 aromatic heterocycles. The first kappa shape index (κ1) is 15.9. The third-order valence-electron chi connectivity index (χ3n) is 4.91. The van der Waals surface area contributed by atoms with Crippen LogP contribution in [0.4, 0.5) is 0 Å². The molecule has 1 N–H and O–H groups in total. The lowest BCUT2D eigenvalue weighted by molar-refractivity contribution is -0.153. The van der Waals surface area contributed by atoms with Crippen molar-refractivity contribution in [3.05, 3.63) is 17.7 Å². The molecule has 0 amide bonds. The van der Waals surface area contributed by atoms with Gasteiger partial charge >= 0.3 is 5.97 Å². The van der Waals surface area contributed by atoms with E-state index in [9.17, 15) is 9.90 Å². The van der Waals surface area contributed by atoms with Gasteiger partial charge in [0, 0.05) is 13.1 Å². The van der Waals surface area contributed by atoms with Crippen LogP contribution in [0.5, 0.6) is 17.2 Å². The van der Waals surface area contributed by atoms with Crippen LogP contribution >= 0.6 is 0 Å². The smallest absolute Gasteiger partial charge is 0.310 e. The molecule has 1 fully saturated rings. The van der Waals surface area contributed by atoms with Gasteiger partial charge in [-0.05, 0) is 43.5 Å². The topological polar surface area (TPSA) is 68.2 Å². The largest absolute Gasteiger partial charge is 0.493 e. The quantitative estimate of drug-likeness (QED) is 0.899. The Hall–Kier alpha value is -1.95. The molecule has 6 heteroatoms. The Balaban J connectivity index is 1.78. The van der Waals surface area contributed by atoms with Gasteiger partial charge in [-0.1, -0.05) is 6.92 Å². The lowest BCUT2D eigenvalue weighted by Crippen LogP contribution is -2.47. The van der Waals surface area contributed by atoms with E-state index in [-0.39, 0.29) is 6.79 Å². The van der Waals surface area contributed by atoms with Gasteiger partial charge in [0.15, 0.2) is 11.5 Å². The second-order valence-electron chi connectivity index (χ2n) is 6.29. The number of hydrogen-bond donors (Lipinski definition) is 1. The van der Waals surface area contributed by atoms with Crippen molar-refractivity contribution in [3.63, 3.8) is 0 Å². The van der Waals surface area contributed by atoms with E-state index in [4.69, 9.17) is 14.2 Å². The summed E-state index contributed by atoms with van der Waals surface area (Å²) >= 11 is 0. The van der Waals surface area contributed by atoms with E-state index in [0.29, 0.717) is 36.8 Å². The highest BCUT2D eigenvalue weighted by molar-refractivity contribution is 5.75. The van der Waals surface area contributed by atoms with Crippen LogP contribution in [0.2, 0.25) is 0 Å². The second kappa shape index (κ2) is 6.28. The van der Waals surface area contributed by atoms with E-state index in [1.807, 2.05) is 19.1 Å². The summed E-state index contributed by atoms with van der Waals surface area (Å²) in [5, 5.41) is 9.60. The molecule has 0 saturated carbocycles. The maximum Gasteiger partial charge on any atom is 0.310 e. The fourth-order valence-electron chi connectivity index (χ4n) is 3.51. The second-order valence-corrected chi connectivity index (χ2v) is 6.29. The van der Waals surface area contributed by atoms with Crippen molar-refractivity contribution in [1.82, 2.24) is 4.90 Å². The van der Waals surface area contributed by atoms with E-state index in [1.165, 1.54) is 0 Å². The van der Waals surface area contributed by atoms with Crippen molar-refractivity contribution in [2.75, 3.05) is 27.0 Å². The normalized spacial score (nSPS) is 23.7. The fourth-order valence-corrected chi connectivity index (χ4v) is 3.51. The maximum absolute atomic E-state index is 11.7. The van der Waals surface area contributed by atoms with Crippen molar-refractivity contribution in [1.29, 1.82) is 0 Å². The minimum Gasteiger partial charge on any atom is -0.493 e. The Morgan fingerprint density at radius 1 is 1.43 bits per heavy atom. The average molecular weight is 321 g/mol. The van der Waals surface area contributed by atoms with Crippen LogP contribution in [0.3, 0.4) is 0 Å². The summed E-state index contributed by atoms with van der Waals surface area (Å²) in [6, 6.07) is 3.89. The fraction of sp³-hybridized carbons (Fsp3) is 0.588. The molecule has 0 unspecified atom stereocenters. The summed E-state index contributed by atoms with van der Waals surface area (Å²) in [5.74, 6) is 1.31. The Labute approximate surface area is 135 Å². The highest BCUT2D eigenvalue weighted by atomic mass is 16.7. The van der Waals surface area contributed by atoms with Gasteiger partial charge < -0.3 is 19.3 Å². The minimum absolute atomic E-state index is 0.205. The highest BCUT2D eigenvalue weighted by Crippen LogP contribution is 2.42. The van der Waals surface area contributed by atoms with Gasteiger partial charge in [0.2, 0.25) is 12.5 Å². The number of benzene rings is 1.